The van der Waals surface area contributed by atoms with E-state index in [0.717, 1.165) is 28.6 Å². The Balaban J connectivity index is 1.85. The molecule has 1 aromatic carbocycles. The number of benzene rings is 1. The van der Waals surface area contributed by atoms with Crippen LogP contribution in [0, 0.1) is 0 Å². The van der Waals surface area contributed by atoms with Gasteiger partial charge in [-0.05, 0) is 18.1 Å². The van der Waals surface area contributed by atoms with E-state index < -0.39 is 0 Å². The second-order valence-electron chi connectivity index (χ2n) is 7.23. The summed E-state index contributed by atoms with van der Waals surface area (Å²) >= 11 is 0. The third kappa shape index (κ3) is 6.58. The minimum Gasteiger partial charge on any atom is -0.487 e. The highest BCUT2D eigenvalue weighted by atomic mass is 16.5. The fourth-order valence-corrected chi connectivity index (χ4v) is 3.44. The van der Waals surface area contributed by atoms with Crippen LogP contribution in [-0.4, -0.2) is 63.7 Å². The molecule has 1 heterocycles. The van der Waals surface area contributed by atoms with E-state index in [9.17, 15) is 0 Å². The highest BCUT2D eigenvalue weighted by Crippen LogP contribution is 2.35. The number of allylic oxidation sites excluding steroid dienone is 3. The topological polar surface area (TPSA) is 125 Å². The minimum atomic E-state index is 0.0353. The van der Waals surface area contributed by atoms with E-state index in [0.29, 0.717) is 43.7 Å². The molecule has 33 heavy (non-hydrogen) atoms. The Morgan fingerprint density at radius 2 is 1.82 bits per heavy atom. The Morgan fingerprint density at radius 3 is 2.48 bits per heavy atom. The van der Waals surface area contributed by atoms with Gasteiger partial charge in [-0.3, -0.25) is 5.84 Å². The van der Waals surface area contributed by atoms with Gasteiger partial charge >= 0.3 is 0 Å². The molecule has 3 rings (SSSR count). The SMILES string of the molecule is CNC(=CNN)C1=CC=CC(Nc2ncnc3cc(OCCOC)c(OCCOC)cc23)C1. The van der Waals surface area contributed by atoms with Crippen molar-refractivity contribution < 1.29 is 18.9 Å². The van der Waals surface area contributed by atoms with Gasteiger partial charge in [-0.25, -0.2) is 9.97 Å². The first-order chi connectivity index (χ1) is 16.2. The van der Waals surface area contributed by atoms with E-state index >= 15 is 0 Å². The maximum atomic E-state index is 5.92. The normalized spacial score (nSPS) is 15.8. The predicted octanol–water partition coefficient (Wildman–Crippen LogP) is 1.87. The first-order valence-electron chi connectivity index (χ1n) is 10.7. The van der Waals surface area contributed by atoms with Gasteiger partial charge in [0, 0.05) is 38.9 Å². The molecule has 10 nitrogen and oxygen atoms in total. The largest absolute Gasteiger partial charge is 0.487 e. The molecular weight excluding hydrogens is 424 g/mol. The summed E-state index contributed by atoms with van der Waals surface area (Å²) in [4.78, 5) is 8.92. The summed E-state index contributed by atoms with van der Waals surface area (Å²) in [7, 11) is 5.13. The highest BCUT2D eigenvalue weighted by Gasteiger charge is 2.17. The Kier molecular flexibility index (Phi) is 9.31. The van der Waals surface area contributed by atoms with Crippen molar-refractivity contribution in [3.8, 4) is 11.5 Å². The van der Waals surface area contributed by atoms with E-state index in [1.165, 1.54) is 6.33 Å². The molecule has 0 saturated carbocycles. The highest BCUT2D eigenvalue weighted by molar-refractivity contribution is 5.91. The fraction of sp³-hybridized carbons (Fsp3) is 0.391. The maximum absolute atomic E-state index is 5.92. The van der Waals surface area contributed by atoms with Crippen molar-refractivity contribution in [2.45, 2.75) is 12.5 Å². The molecule has 1 aromatic heterocycles. The molecule has 1 unspecified atom stereocenters. The van der Waals surface area contributed by atoms with Gasteiger partial charge < -0.3 is 35.0 Å². The number of hydrazine groups is 1. The Labute approximate surface area is 193 Å². The quantitative estimate of drug-likeness (QED) is 0.202. The summed E-state index contributed by atoms with van der Waals surface area (Å²) in [5, 5.41) is 7.51. The van der Waals surface area contributed by atoms with E-state index in [2.05, 4.69) is 38.2 Å². The lowest BCUT2D eigenvalue weighted by molar-refractivity contribution is 0.132. The van der Waals surface area contributed by atoms with Gasteiger partial charge in [0.25, 0.3) is 0 Å². The molecule has 0 amide bonds. The summed E-state index contributed by atoms with van der Waals surface area (Å²) in [5.74, 6) is 7.37. The molecule has 2 aromatic rings. The molecule has 0 fully saturated rings. The Hall–Kier alpha value is -3.34. The van der Waals surface area contributed by atoms with Crippen LogP contribution in [0.3, 0.4) is 0 Å². The zero-order valence-corrected chi connectivity index (χ0v) is 19.3. The second-order valence-corrected chi connectivity index (χ2v) is 7.23. The monoisotopic (exact) mass is 456 g/mol. The van der Waals surface area contributed by atoms with E-state index in [4.69, 9.17) is 24.8 Å². The molecule has 5 N–H and O–H groups in total. The van der Waals surface area contributed by atoms with Crippen LogP contribution in [0.2, 0.25) is 0 Å². The third-order valence-corrected chi connectivity index (χ3v) is 5.04. The molecule has 0 spiro atoms. The fourth-order valence-electron chi connectivity index (χ4n) is 3.44. The van der Waals surface area contributed by atoms with Gasteiger partial charge in [0.15, 0.2) is 11.5 Å². The second kappa shape index (κ2) is 12.6. The Morgan fingerprint density at radius 1 is 1.09 bits per heavy atom. The lowest BCUT2D eigenvalue weighted by atomic mass is 9.98. The van der Waals surface area contributed by atoms with Crippen LogP contribution < -0.4 is 31.4 Å². The Bertz CT molecular complexity index is 1010. The van der Waals surface area contributed by atoms with Crippen LogP contribution in [0.25, 0.3) is 10.9 Å². The van der Waals surface area contributed by atoms with E-state index in [1.54, 1.807) is 20.4 Å². The van der Waals surface area contributed by atoms with Crippen molar-refractivity contribution in [1.29, 1.82) is 0 Å². The van der Waals surface area contributed by atoms with Crippen LogP contribution in [0.4, 0.5) is 5.82 Å². The number of nitrogens with two attached hydrogens (primary N) is 1. The smallest absolute Gasteiger partial charge is 0.163 e. The number of fused-ring (bicyclic) bond motifs is 1. The number of hydrogen-bond acceptors (Lipinski definition) is 10. The number of rotatable bonds is 13. The summed E-state index contributed by atoms with van der Waals surface area (Å²) in [6, 6.07) is 3.79. The molecule has 178 valence electrons. The molecule has 0 bridgehead atoms. The summed E-state index contributed by atoms with van der Waals surface area (Å²) < 4.78 is 22.0. The molecule has 1 atom stereocenters. The molecule has 10 heteroatoms. The van der Waals surface area contributed by atoms with Gasteiger partial charge in [0.1, 0.15) is 25.4 Å². The lowest BCUT2D eigenvalue weighted by Gasteiger charge is -2.23. The number of nitrogens with one attached hydrogen (secondary N) is 3. The number of methoxy groups -OCH3 is 2. The van der Waals surface area contributed by atoms with Crippen molar-refractivity contribution >= 4 is 16.7 Å². The molecule has 0 saturated heterocycles. The lowest BCUT2D eigenvalue weighted by Crippen LogP contribution is -2.25. The number of likely N-dealkylation sites (N-methyl/N-ethyl adjacent to an activating group) is 1. The number of nitrogens with zero attached hydrogens (tertiary/aromatic N) is 2. The van der Waals surface area contributed by atoms with Crippen molar-refractivity contribution in [3.63, 3.8) is 0 Å². The van der Waals surface area contributed by atoms with E-state index in [-0.39, 0.29) is 6.04 Å². The summed E-state index contributed by atoms with van der Waals surface area (Å²) in [5.41, 5.74) is 5.37. The number of anilines is 1. The predicted molar refractivity (Wildman–Crippen MR) is 128 cm³/mol. The van der Waals surface area contributed by atoms with Crippen LogP contribution in [0.1, 0.15) is 6.42 Å². The average molecular weight is 457 g/mol. The van der Waals surface area contributed by atoms with Crippen molar-refractivity contribution in [2.75, 3.05) is 53.0 Å². The van der Waals surface area contributed by atoms with Crippen molar-refractivity contribution in [3.05, 3.63) is 54.2 Å². The number of ether oxygens (including phenoxy) is 4. The third-order valence-electron chi connectivity index (χ3n) is 5.04. The van der Waals surface area contributed by atoms with Gasteiger partial charge in [0.05, 0.1) is 30.5 Å². The minimum absolute atomic E-state index is 0.0353. The van der Waals surface area contributed by atoms with Crippen LogP contribution in [0.15, 0.2) is 54.2 Å². The van der Waals surface area contributed by atoms with Gasteiger partial charge in [-0.2, -0.15) is 0 Å². The maximum Gasteiger partial charge on any atom is 0.163 e. The van der Waals surface area contributed by atoms with Gasteiger partial charge in [-0.1, -0.05) is 18.2 Å². The standard InChI is InChI=1S/C23H32N6O4/c1-25-20(14-28-24)16-5-4-6-17(11-16)29-23-18-12-21(32-9-7-30-2)22(33-10-8-31-3)13-19(18)26-15-27-23/h4-6,12-15,17,25,28H,7-11,24H2,1-3H3,(H,26,27,29). The number of aromatic nitrogens is 2. The van der Waals surface area contributed by atoms with E-state index in [1.807, 2.05) is 25.3 Å². The first kappa shape index (κ1) is 24.3. The zero-order valence-electron chi connectivity index (χ0n) is 19.3. The molecule has 0 radical (unpaired) electrons. The summed E-state index contributed by atoms with van der Waals surface area (Å²) in [6.45, 7) is 1.73. The van der Waals surface area contributed by atoms with Gasteiger partial charge in [0.2, 0.25) is 0 Å². The van der Waals surface area contributed by atoms with Crippen LogP contribution in [0.5, 0.6) is 11.5 Å². The van der Waals surface area contributed by atoms with Crippen LogP contribution in [-0.2, 0) is 9.47 Å². The number of hydrogen-bond donors (Lipinski definition) is 4. The first-order valence-corrected chi connectivity index (χ1v) is 10.7. The van der Waals surface area contributed by atoms with Gasteiger partial charge in [-0.15, -0.1) is 0 Å². The van der Waals surface area contributed by atoms with Crippen molar-refractivity contribution in [2.24, 2.45) is 5.84 Å². The summed E-state index contributed by atoms with van der Waals surface area (Å²) in [6.07, 6.45) is 10.2. The molecule has 0 aliphatic heterocycles. The van der Waals surface area contributed by atoms with Crippen molar-refractivity contribution in [1.82, 2.24) is 20.7 Å². The molecular formula is C23H32N6O4. The molecule has 1 aliphatic rings. The zero-order chi connectivity index (χ0) is 23.5. The van der Waals surface area contributed by atoms with Crippen LogP contribution >= 0.6 is 0 Å². The molecule has 1 aliphatic carbocycles. The average Bonchev–Trinajstić information content (AvgIpc) is 2.83.